The van der Waals surface area contributed by atoms with E-state index in [1.54, 1.807) is 11.3 Å². The van der Waals surface area contributed by atoms with E-state index in [1.165, 1.54) is 16.0 Å². The molecule has 3 nitrogen and oxygen atoms in total. The Kier molecular flexibility index (Phi) is 3.54. The van der Waals surface area contributed by atoms with Crippen molar-refractivity contribution in [2.24, 2.45) is 0 Å². The highest BCUT2D eigenvalue weighted by molar-refractivity contribution is 7.13. The second-order valence-corrected chi connectivity index (χ2v) is 4.76. The molecule has 0 unspecified atom stereocenters. The number of rotatable bonds is 4. The lowest BCUT2D eigenvalue weighted by molar-refractivity contribution is -0.109. The van der Waals surface area contributed by atoms with Crippen molar-refractivity contribution >= 4 is 17.7 Å². The zero-order chi connectivity index (χ0) is 12.3. The average Bonchev–Trinajstić information content (AvgIpc) is 2.74. The van der Waals surface area contributed by atoms with E-state index in [1.807, 2.05) is 12.4 Å². The fourth-order valence-electron chi connectivity index (χ4n) is 1.77. The summed E-state index contributed by atoms with van der Waals surface area (Å²) in [4.78, 5) is 15.7. The topological polar surface area (TPSA) is 42.0 Å². The maximum atomic E-state index is 10.3. The number of aryl methyl sites for hydroxylation is 2. The van der Waals surface area contributed by atoms with Crippen LogP contribution in [0.3, 0.4) is 0 Å². The molecule has 0 bridgehead atoms. The van der Waals surface area contributed by atoms with E-state index in [9.17, 15) is 4.79 Å². The zero-order valence-electron chi connectivity index (χ0n) is 9.86. The molecular formula is C13H14N2OS. The molecule has 1 aromatic carbocycles. The zero-order valence-corrected chi connectivity index (χ0v) is 10.7. The molecule has 0 saturated carbocycles. The van der Waals surface area contributed by atoms with E-state index in [2.05, 4.69) is 35.4 Å². The van der Waals surface area contributed by atoms with Gasteiger partial charge in [0.25, 0.3) is 0 Å². The second-order valence-electron chi connectivity index (χ2n) is 3.91. The Bertz CT molecular complexity index is 534. The minimum atomic E-state index is 0.581. The SMILES string of the molecule is Cc1cc(-c2scnc2C)ccc1CNC=O. The molecular weight excluding hydrogens is 232 g/mol. The molecule has 0 saturated heterocycles. The number of carbonyl (C=O) groups excluding carboxylic acids is 1. The summed E-state index contributed by atoms with van der Waals surface area (Å²) in [5.74, 6) is 0. The summed E-state index contributed by atoms with van der Waals surface area (Å²) >= 11 is 1.65. The molecule has 0 aliphatic rings. The molecule has 2 aromatic rings. The molecule has 0 fully saturated rings. The number of nitrogens with zero attached hydrogens (tertiary/aromatic N) is 1. The molecule has 1 amide bonds. The number of benzene rings is 1. The standard InChI is InChI=1S/C13H14N2OS/c1-9-5-11(13-10(2)15-8-17-13)3-4-12(9)6-14-7-16/h3-5,7-8H,6H2,1-2H3,(H,14,16). The number of nitrogens with one attached hydrogen (secondary N) is 1. The molecule has 88 valence electrons. The quantitative estimate of drug-likeness (QED) is 0.843. The fourth-order valence-corrected chi connectivity index (χ4v) is 2.57. The second kappa shape index (κ2) is 5.10. The summed E-state index contributed by atoms with van der Waals surface area (Å²) in [6, 6.07) is 6.28. The third-order valence-corrected chi connectivity index (χ3v) is 3.70. The molecule has 0 radical (unpaired) electrons. The summed E-state index contributed by atoms with van der Waals surface area (Å²) < 4.78 is 0. The lowest BCUT2D eigenvalue weighted by Gasteiger charge is -2.07. The van der Waals surface area contributed by atoms with Crippen molar-refractivity contribution in [1.29, 1.82) is 0 Å². The lowest BCUT2D eigenvalue weighted by Crippen LogP contribution is -2.10. The van der Waals surface area contributed by atoms with Crippen LogP contribution in [0.5, 0.6) is 0 Å². The Labute approximate surface area is 105 Å². The van der Waals surface area contributed by atoms with Crippen LogP contribution in [0.4, 0.5) is 0 Å². The third-order valence-electron chi connectivity index (χ3n) is 2.73. The number of amides is 1. The van der Waals surface area contributed by atoms with Gasteiger partial charge in [0, 0.05) is 6.54 Å². The Morgan fingerprint density at radius 1 is 1.41 bits per heavy atom. The van der Waals surface area contributed by atoms with Crippen molar-refractivity contribution < 1.29 is 4.79 Å². The Morgan fingerprint density at radius 2 is 2.24 bits per heavy atom. The van der Waals surface area contributed by atoms with E-state index in [-0.39, 0.29) is 0 Å². The minimum Gasteiger partial charge on any atom is -0.355 e. The summed E-state index contributed by atoms with van der Waals surface area (Å²) in [7, 11) is 0. The molecule has 0 spiro atoms. The molecule has 0 aliphatic heterocycles. The molecule has 0 atom stereocenters. The Balaban J connectivity index is 2.31. The van der Waals surface area contributed by atoms with Crippen LogP contribution in [0.15, 0.2) is 23.7 Å². The van der Waals surface area contributed by atoms with Crippen LogP contribution in [0, 0.1) is 13.8 Å². The minimum absolute atomic E-state index is 0.581. The summed E-state index contributed by atoms with van der Waals surface area (Å²) in [5, 5.41) is 2.68. The van der Waals surface area contributed by atoms with Gasteiger partial charge in [-0.2, -0.15) is 0 Å². The van der Waals surface area contributed by atoms with E-state index in [0.29, 0.717) is 6.54 Å². The number of thiazole rings is 1. The first kappa shape index (κ1) is 11.8. The van der Waals surface area contributed by atoms with E-state index >= 15 is 0 Å². The normalized spacial score (nSPS) is 10.2. The maximum absolute atomic E-state index is 10.3. The van der Waals surface area contributed by atoms with Crippen LogP contribution < -0.4 is 5.32 Å². The molecule has 2 rings (SSSR count). The van der Waals surface area contributed by atoms with Gasteiger partial charge in [0.1, 0.15) is 0 Å². The molecule has 0 aliphatic carbocycles. The van der Waals surface area contributed by atoms with Gasteiger partial charge in [0.2, 0.25) is 6.41 Å². The van der Waals surface area contributed by atoms with Crippen molar-refractivity contribution in [3.05, 3.63) is 40.5 Å². The van der Waals surface area contributed by atoms with Crippen molar-refractivity contribution in [3.63, 3.8) is 0 Å². The smallest absolute Gasteiger partial charge is 0.207 e. The van der Waals surface area contributed by atoms with E-state index in [4.69, 9.17) is 0 Å². The van der Waals surface area contributed by atoms with Crippen molar-refractivity contribution in [2.75, 3.05) is 0 Å². The highest BCUT2D eigenvalue weighted by Gasteiger charge is 2.06. The van der Waals surface area contributed by atoms with Crippen LogP contribution in [0.25, 0.3) is 10.4 Å². The van der Waals surface area contributed by atoms with E-state index in [0.717, 1.165) is 17.7 Å². The van der Waals surface area contributed by atoms with Gasteiger partial charge in [-0.05, 0) is 30.5 Å². The first-order valence-corrected chi connectivity index (χ1v) is 6.27. The number of aromatic nitrogens is 1. The van der Waals surface area contributed by atoms with Crippen LogP contribution in [-0.4, -0.2) is 11.4 Å². The summed E-state index contributed by atoms with van der Waals surface area (Å²) in [5.41, 5.74) is 6.44. The maximum Gasteiger partial charge on any atom is 0.207 e. The highest BCUT2D eigenvalue weighted by Crippen LogP contribution is 2.28. The number of carbonyl (C=O) groups is 1. The van der Waals surface area contributed by atoms with Gasteiger partial charge in [-0.3, -0.25) is 4.79 Å². The van der Waals surface area contributed by atoms with Crippen molar-refractivity contribution in [1.82, 2.24) is 10.3 Å². The van der Waals surface area contributed by atoms with Crippen molar-refractivity contribution in [2.45, 2.75) is 20.4 Å². The first-order chi connectivity index (χ1) is 8.22. The predicted octanol–water partition coefficient (Wildman–Crippen LogP) is 2.67. The predicted molar refractivity (Wildman–Crippen MR) is 69.9 cm³/mol. The largest absolute Gasteiger partial charge is 0.355 e. The lowest BCUT2D eigenvalue weighted by atomic mass is 10.0. The van der Waals surface area contributed by atoms with Gasteiger partial charge in [-0.25, -0.2) is 4.98 Å². The van der Waals surface area contributed by atoms with Gasteiger partial charge < -0.3 is 5.32 Å². The van der Waals surface area contributed by atoms with Crippen LogP contribution >= 0.6 is 11.3 Å². The summed E-state index contributed by atoms with van der Waals surface area (Å²) in [6.45, 7) is 4.65. The van der Waals surface area contributed by atoms with Crippen LogP contribution in [0.2, 0.25) is 0 Å². The Morgan fingerprint density at radius 3 is 2.82 bits per heavy atom. The molecule has 1 heterocycles. The van der Waals surface area contributed by atoms with Crippen LogP contribution in [-0.2, 0) is 11.3 Å². The molecule has 1 N–H and O–H groups in total. The Hall–Kier alpha value is -1.68. The number of hydrogen-bond donors (Lipinski definition) is 1. The average molecular weight is 246 g/mol. The van der Waals surface area contributed by atoms with Crippen molar-refractivity contribution in [3.8, 4) is 10.4 Å². The summed E-state index contributed by atoms with van der Waals surface area (Å²) in [6.07, 6.45) is 0.723. The molecule has 17 heavy (non-hydrogen) atoms. The van der Waals surface area contributed by atoms with Gasteiger partial charge in [-0.1, -0.05) is 18.2 Å². The highest BCUT2D eigenvalue weighted by atomic mass is 32.1. The van der Waals surface area contributed by atoms with Crippen LogP contribution in [0.1, 0.15) is 16.8 Å². The molecule has 1 aromatic heterocycles. The first-order valence-electron chi connectivity index (χ1n) is 5.39. The van der Waals surface area contributed by atoms with Gasteiger partial charge in [0.05, 0.1) is 16.1 Å². The number of hydrogen-bond acceptors (Lipinski definition) is 3. The van der Waals surface area contributed by atoms with Gasteiger partial charge in [0.15, 0.2) is 0 Å². The van der Waals surface area contributed by atoms with Gasteiger partial charge in [-0.15, -0.1) is 11.3 Å². The monoisotopic (exact) mass is 246 g/mol. The third kappa shape index (κ3) is 2.53. The molecule has 4 heteroatoms. The van der Waals surface area contributed by atoms with E-state index < -0.39 is 0 Å². The fraction of sp³-hybridized carbons (Fsp3) is 0.231. The van der Waals surface area contributed by atoms with Gasteiger partial charge >= 0.3 is 0 Å².